The van der Waals surface area contributed by atoms with Crippen LogP contribution in [0.1, 0.15) is 23.9 Å². The highest BCUT2D eigenvalue weighted by Gasteiger charge is 2.13. The first kappa shape index (κ1) is 14.9. The first-order valence-electron chi connectivity index (χ1n) is 6.11. The summed E-state index contributed by atoms with van der Waals surface area (Å²) in [7, 11) is 0. The minimum absolute atomic E-state index is 0.386. The molecule has 6 heteroatoms. The maximum atomic E-state index is 8.83. The predicted octanol–water partition coefficient (Wildman–Crippen LogP) is 4.08. The Morgan fingerprint density at radius 3 is 2.85 bits per heavy atom. The topological polar surface area (TPSA) is 50.8 Å². The Morgan fingerprint density at radius 1 is 1.50 bits per heavy atom. The molecule has 0 amide bonds. The standard InChI is InChI=1S/C14H13BrClN3O/c1-3-19-13(14(15)9(2)18-19)8-20-11-5-4-10(7-17)12(16)6-11/h4-6H,3,8H2,1-2H3. The van der Waals surface area contributed by atoms with Crippen LogP contribution in [0.15, 0.2) is 22.7 Å². The fraction of sp³-hybridized carbons (Fsp3) is 0.286. The van der Waals surface area contributed by atoms with E-state index in [2.05, 4.69) is 21.0 Å². The normalized spacial score (nSPS) is 10.3. The zero-order chi connectivity index (χ0) is 14.7. The highest BCUT2D eigenvalue weighted by atomic mass is 79.9. The zero-order valence-electron chi connectivity index (χ0n) is 11.2. The molecular formula is C14H13BrClN3O. The number of aryl methyl sites for hydroxylation is 2. The van der Waals surface area contributed by atoms with Gasteiger partial charge in [-0.15, -0.1) is 0 Å². The van der Waals surface area contributed by atoms with Gasteiger partial charge in [-0.1, -0.05) is 11.6 Å². The third-order valence-corrected chi connectivity index (χ3v) is 4.23. The first-order chi connectivity index (χ1) is 9.56. The molecule has 0 radical (unpaired) electrons. The minimum atomic E-state index is 0.386. The van der Waals surface area contributed by atoms with Crippen molar-refractivity contribution in [2.45, 2.75) is 27.0 Å². The number of rotatable bonds is 4. The predicted molar refractivity (Wildman–Crippen MR) is 80.8 cm³/mol. The average Bonchev–Trinajstić information content (AvgIpc) is 2.72. The van der Waals surface area contributed by atoms with Crippen LogP contribution in [0.2, 0.25) is 5.02 Å². The van der Waals surface area contributed by atoms with E-state index in [1.807, 2.05) is 24.6 Å². The number of ether oxygens (including phenoxy) is 1. The van der Waals surface area contributed by atoms with Gasteiger partial charge in [-0.25, -0.2) is 0 Å². The second kappa shape index (κ2) is 6.29. The number of nitrogens with zero attached hydrogens (tertiary/aromatic N) is 3. The lowest BCUT2D eigenvalue weighted by Gasteiger charge is -2.09. The lowest BCUT2D eigenvalue weighted by atomic mass is 10.2. The summed E-state index contributed by atoms with van der Waals surface area (Å²) in [6.07, 6.45) is 0. The van der Waals surface area contributed by atoms with Gasteiger partial charge in [-0.3, -0.25) is 4.68 Å². The lowest BCUT2D eigenvalue weighted by molar-refractivity contribution is 0.291. The van der Waals surface area contributed by atoms with Crippen LogP contribution in [0.5, 0.6) is 5.75 Å². The van der Waals surface area contributed by atoms with E-state index in [0.717, 1.165) is 22.4 Å². The quantitative estimate of drug-likeness (QED) is 0.831. The van der Waals surface area contributed by atoms with Gasteiger partial charge in [0.05, 0.1) is 26.4 Å². The fourth-order valence-corrected chi connectivity index (χ4v) is 2.45. The summed E-state index contributed by atoms with van der Waals surface area (Å²) < 4.78 is 8.58. The average molecular weight is 355 g/mol. The van der Waals surface area contributed by atoms with Gasteiger partial charge in [0.2, 0.25) is 0 Å². The third kappa shape index (κ3) is 2.97. The van der Waals surface area contributed by atoms with Crippen molar-refractivity contribution in [3.05, 3.63) is 44.6 Å². The van der Waals surface area contributed by atoms with Crippen LogP contribution < -0.4 is 4.74 Å². The number of aromatic nitrogens is 2. The molecule has 0 aliphatic rings. The van der Waals surface area contributed by atoms with Crippen molar-refractivity contribution in [1.29, 1.82) is 5.26 Å². The number of hydrogen-bond acceptors (Lipinski definition) is 3. The molecule has 0 fully saturated rings. The van der Waals surface area contributed by atoms with E-state index < -0.39 is 0 Å². The van der Waals surface area contributed by atoms with Crippen molar-refractivity contribution >= 4 is 27.5 Å². The molecule has 0 saturated heterocycles. The third-order valence-electron chi connectivity index (χ3n) is 2.89. The number of hydrogen-bond donors (Lipinski definition) is 0. The summed E-state index contributed by atoms with van der Waals surface area (Å²) in [5, 5.41) is 13.6. The van der Waals surface area contributed by atoms with Gasteiger partial charge in [0, 0.05) is 12.6 Å². The maximum Gasteiger partial charge on any atom is 0.131 e. The first-order valence-corrected chi connectivity index (χ1v) is 7.28. The molecule has 0 unspecified atom stereocenters. The van der Waals surface area contributed by atoms with E-state index in [4.69, 9.17) is 21.6 Å². The summed E-state index contributed by atoms with van der Waals surface area (Å²) in [6, 6.07) is 7.05. The molecule has 0 spiro atoms. The van der Waals surface area contributed by atoms with E-state index in [9.17, 15) is 0 Å². The van der Waals surface area contributed by atoms with Gasteiger partial charge >= 0.3 is 0 Å². The van der Waals surface area contributed by atoms with Crippen molar-refractivity contribution in [1.82, 2.24) is 9.78 Å². The Bertz CT molecular complexity index is 676. The van der Waals surface area contributed by atoms with Gasteiger partial charge in [-0.2, -0.15) is 10.4 Å². The summed E-state index contributed by atoms with van der Waals surface area (Å²) >= 11 is 9.50. The molecule has 1 aromatic heterocycles. The minimum Gasteiger partial charge on any atom is -0.487 e. The fourth-order valence-electron chi connectivity index (χ4n) is 1.83. The Balaban J connectivity index is 2.17. The Labute approximate surface area is 131 Å². The highest BCUT2D eigenvalue weighted by molar-refractivity contribution is 9.10. The van der Waals surface area contributed by atoms with Gasteiger partial charge in [0.15, 0.2) is 0 Å². The molecule has 0 saturated carbocycles. The molecule has 0 aliphatic heterocycles. The lowest BCUT2D eigenvalue weighted by Crippen LogP contribution is -2.06. The summed E-state index contributed by atoms with van der Waals surface area (Å²) in [6.45, 7) is 5.13. The molecule has 0 aliphatic carbocycles. The number of halogens is 2. The largest absolute Gasteiger partial charge is 0.487 e. The van der Waals surface area contributed by atoms with Crippen molar-refractivity contribution < 1.29 is 4.74 Å². The van der Waals surface area contributed by atoms with Gasteiger partial charge < -0.3 is 4.74 Å². The van der Waals surface area contributed by atoms with E-state index in [1.165, 1.54) is 0 Å². The molecule has 2 rings (SSSR count). The van der Waals surface area contributed by atoms with Crippen molar-refractivity contribution in [3.63, 3.8) is 0 Å². The van der Waals surface area contributed by atoms with Gasteiger partial charge in [0.25, 0.3) is 0 Å². The highest BCUT2D eigenvalue weighted by Crippen LogP contribution is 2.25. The van der Waals surface area contributed by atoms with Crippen LogP contribution in [-0.2, 0) is 13.2 Å². The Hall–Kier alpha value is -1.51. The van der Waals surface area contributed by atoms with Crippen LogP contribution in [0, 0.1) is 18.3 Å². The van der Waals surface area contributed by atoms with Gasteiger partial charge in [-0.05, 0) is 41.9 Å². The van der Waals surface area contributed by atoms with Gasteiger partial charge in [0.1, 0.15) is 18.4 Å². The summed E-state index contributed by atoms with van der Waals surface area (Å²) in [5.41, 5.74) is 2.35. The van der Waals surface area contributed by atoms with E-state index >= 15 is 0 Å². The van der Waals surface area contributed by atoms with Crippen molar-refractivity contribution in [3.8, 4) is 11.8 Å². The van der Waals surface area contributed by atoms with E-state index in [1.54, 1.807) is 18.2 Å². The maximum absolute atomic E-state index is 8.83. The van der Waals surface area contributed by atoms with E-state index in [-0.39, 0.29) is 0 Å². The molecule has 0 atom stereocenters. The van der Waals surface area contributed by atoms with Crippen LogP contribution in [0.4, 0.5) is 0 Å². The number of benzene rings is 1. The van der Waals surface area contributed by atoms with Crippen molar-refractivity contribution in [2.75, 3.05) is 0 Å². The summed E-state index contributed by atoms with van der Waals surface area (Å²) in [5.74, 6) is 0.627. The monoisotopic (exact) mass is 353 g/mol. The van der Waals surface area contributed by atoms with Crippen molar-refractivity contribution in [2.24, 2.45) is 0 Å². The molecule has 1 aromatic carbocycles. The molecule has 104 valence electrons. The Kier molecular flexibility index (Phi) is 4.69. The van der Waals surface area contributed by atoms with Crippen LogP contribution in [-0.4, -0.2) is 9.78 Å². The van der Waals surface area contributed by atoms with Crippen LogP contribution in [0.3, 0.4) is 0 Å². The SMILES string of the molecule is CCn1nc(C)c(Br)c1COc1ccc(C#N)c(Cl)c1. The Morgan fingerprint density at radius 2 is 2.25 bits per heavy atom. The van der Waals surface area contributed by atoms with Crippen LogP contribution in [0.25, 0.3) is 0 Å². The molecule has 2 aromatic rings. The van der Waals surface area contributed by atoms with Crippen LogP contribution >= 0.6 is 27.5 Å². The zero-order valence-corrected chi connectivity index (χ0v) is 13.5. The molecule has 20 heavy (non-hydrogen) atoms. The molecule has 0 bridgehead atoms. The van der Waals surface area contributed by atoms with E-state index in [0.29, 0.717) is 22.9 Å². The molecule has 4 nitrogen and oxygen atoms in total. The second-order valence-corrected chi connectivity index (χ2v) is 5.40. The summed E-state index contributed by atoms with van der Waals surface area (Å²) in [4.78, 5) is 0. The molecular weight excluding hydrogens is 342 g/mol. The number of nitriles is 1. The second-order valence-electron chi connectivity index (χ2n) is 4.20. The molecule has 1 heterocycles. The molecule has 0 N–H and O–H groups in total. The smallest absolute Gasteiger partial charge is 0.131 e.